The van der Waals surface area contributed by atoms with E-state index in [4.69, 9.17) is 5.73 Å². The van der Waals surface area contributed by atoms with Gasteiger partial charge < -0.3 is 21.1 Å². The number of carbonyl (C=O) groups is 1. The number of nitrogens with two attached hydrogens (primary N) is 1. The van der Waals surface area contributed by atoms with Crippen LogP contribution in [0.3, 0.4) is 0 Å². The van der Waals surface area contributed by atoms with Crippen LogP contribution >= 0.6 is 17.0 Å². The van der Waals surface area contributed by atoms with Crippen molar-refractivity contribution in [3.05, 3.63) is 23.8 Å². The lowest BCUT2D eigenvalue weighted by molar-refractivity contribution is 0.259. The van der Waals surface area contributed by atoms with E-state index in [0.29, 0.717) is 5.69 Å². The van der Waals surface area contributed by atoms with E-state index >= 15 is 0 Å². The molecule has 0 saturated carbocycles. The van der Waals surface area contributed by atoms with Crippen molar-refractivity contribution in [3.63, 3.8) is 0 Å². The Labute approximate surface area is 123 Å². The fourth-order valence-electron chi connectivity index (χ4n) is 2.26. The van der Waals surface area contributed by atoms with Crippen molar-refractivity contribution in [2.75, 3.05) is 25.0 Å². The Balaban J connectivity index is 0.00000180. The third kappa shape index (κ3) is 4.72. The smallest absolute Gasteiger partial charge is 0.316 e. The van der Waals surface area contributed by atoms with Crippen molar-refractivity contribution in [3.8, 4) is 5.75 Å². The number of urea groups is 1. The van der Waals surface area contributed by atoms with Crippen LogP contribution in [0, 0.1) is 0 Å². The number of benzene rings is 1. The number of phenols is 1. The summed E-state index contributed by atoms with van der Waals surface area (Å²) in [5, 5.41) is 12.0. The van der Waals surface area contributed by atoms with E-state index in [2.05, 4.69) is 10.2 Å². The molecule has 2 rings (SSSR count). The van der Waals surface area contributed by atoms with Crippen molar-refractivity contribution < 1.29 is 9.90 Å². The molecular weight excluding hydrogens is 310 g/mol. The van der Waals surface area contributed by atoms with E-state index < -0.39 is 6.03 Å². The fraction of sp³-hybridized carbons (Fsp3) is 0.462. The molecule has 0 radical (unpaired) electrons. The van der Waals surface area contributed by atoms with Gasteiger partial charge in [0.05, 0.1) is 5.69 Å². The number of primary amides is 1. The minimum absolute atomic E-state index is 0. The maximum atomic E-state index is 10.8. The molecule has 0 spiro atoms. The van der Waals surface area contributed by atoms with E-state index in [9.17, 15) is 9.90 Å². The Bertz CT molecular complexity index is 434. The van der Waals surface area contributed by atoms with Crippen molar-refractivity contribution in [2.45, 2.75) is 19.3 Å². The Morgan fingerprint density at radius 3 is 2.68 bits per heavy atom. The summed E-state index contributed by atoms with van der Waals surface area (Å²) in [5.41, 5.74) is 6.51. The molecule has 1 aliphatic rings. The van der Waals surface area contributed by atoms with E-state index in [1.807, 2.05) is 6.07 Å². The van der Waals surface area contributed by atoms with Crippen molar-refractivity contribution >= 4 is 28.7 Å². The van der Waals surface area contributed by atoms with Gasteiger partial charge in [0, 0.05) is 6.54 Å². The van der Waals surface area contributed by atoms with E-state index in [1.54, 1.807) is 12.1 Å². The number of hydrogen-bond acceptors (Lipinski definition) is 3. The first-order valence-corrected chi connectivity index (χ1v) is 6.26. The highest BCUT2D eigenvalue weighted by Crippen LogP contribution is 2.24. The summed E-state index contributed by atoms with van der Waals surface area (Å²) in [5.74, 6) is 0.0405. The number of hydrogen-bond donors (Lipinski definition) is 3. The van der Waals surface area contributed by atoms with Crippen molar-refractivity contribution in [2.24, 2.45) is 5.73 Å². The minimum atomic E-state index is -0.665. The van der Waals surface area contributed by atoms with Crippen LogP contribution < -0.4 is 11.1 Å². The zero-order valence-electron chi connectivity index (χ0n) is 10.8. The first-order valence-electron chi connectivity index (χ1n) is 6.26. The van der Waals surface area contributed by atoms with E-state index in [-0.39, 0.29) is 22.7 Å². The molecule has 0 unspecified atom stereocenters. The summed E-state index contributed by atoms with van der Waals surface area (Å²) in [6.45, 7) is 3.36. The minimum Gasteiger partial charge on any atom is -0.506 e. The van der Waals surface area contributed by atoms with Crippen molar-refractivity contribution in [1.82, 2.24) is 4.90 Å². The summed E-state index contributed by atoms with van der Waals surface area (Å²) >= 11 is 0. The van der Waals surface area contributed by atoms with Gasteiger partial charge in [-0.15, -0.1) is 17.0 Å². The highest BCUT2D eigenvalue weighted by atomic mass is 79.9. The summed E-state index contributed by atoms with van der Waals surface area (Å²) < 4.78 is 0. The van der Waals surface area contributed by atoms with Gasteiger partial charge in [-0.2, -0.15) is 0 Å². The van der Waals surface area contributed by atoms with Crippen LogP contribution in [-0.2, 0) is 6.42 Å². The molecule has 1 fully saturated rings. The predicted octanol–water partition coefficient (Wildman–Crippen LogP) is 2.10. The molecule has 0 atom stereocenters. The van der Waals surface area contributed by atoms with Gasteiger partial charge in [0.15, 0.2) is 0 Å². The molecule has 106 valence electrons. The third-order valence-corrected chi connectivity index (χ3v) is 3.23. The van der Waals surface area contributed by atoms with Gasteiger partial charge in [0.1, 0.15) is 5.75 Å². The first-order chi connectivity index (χ1) is 8.65. The van der Waals surface area contributed by atoms with Crippen LogP contribution in [0.5, 0.6) is 5.75 Å². The zero-order chi connectivity index (χ0) is 13.0. The molecule has 1 heterocycles. The second-order valence-corrected chi connectivity index (χ2v) is 4.64. The molecule has 1 saturated heterocycles. The van der Waals surface area contributed by atoms with Gasteiger partial charge in [-0.1, -0.05) is 6.07 Å². The second kappa shape index (κ2) is 7.35. The molecule has 4 N–H and O–H groups in total. The van der Waals surface area contributed by atoms with Crippen LogP contribution in [0.4, 0.5) is 10.5 Å². The van der Waals surface area contributed by atoms with Gasteiger partial charge in [-0.05, 0) is 50.0 Å². The summed E-state index contributed by atoms with van der Waals surface area (Å²) in [6.07, 6.45) is 3.47. The van der Waals surface area contributed by atoms with Crippen LogP contribution in [0.15, 0.2) is 18.2 Å². The normalized spacial score (nSPS) is 14.9. The number of halogens is 1. The monoisotopic (exact) mass is 329 g/mol. The zero-order valence-corrected chi connectivity index (χ0v) is 12.5. The maximum absolute atomic E-state index is 10.8. The quantitative estimate of drug-likeness (QED) is 0.740. The Kier molecular flexibility index (Phi) is 6.11. The number of anilines is 1. The lowest BCUT2D eigenvalue weighted by Crippen LogP contribution is -2.22. The lowest BCUT2D eigenvalue weighted by Gasteiger charge is -2.15. The van der Waals surface area contributed by atoms with Crippen molar-refractivity contribution in [1.29, 1.82) is 0 Å². The highest BCUT2D eigenvalue weighted by molar-refractivity contribution is 8.93. The Morgan fingerprint density at radius 2 is 2.05 bits per heavy atom. The number of rotatable bonds is 4. The average Bonchev–Trinajstić information content (AvgIpc) is 2.82. The standard InChI is InChI=1S/C13H19N3O2.BrH/c14-13(18)15-11-9-10(3-4-12(11)17)5-8-16-6-1-2-7-16;/h3-4,9,17H,1-2,5-8H2,(H3,14,15,18);1H. The van der Waals surface area contributed by atoms with Gasteiger partial charge in [0.25, 0.3) is 0 Å². The average molecular weight is 330 g/mol. The summed E-state index contributed by atoms with van der Waals surface area (Å²) in [4.78, 5) is 13.2. The van der Waals surface area contributed by atoms with Crippen LogP contribution in [0.2, 0.25) is 0 Å². The SMILES string of the molecule is Br.NC(=O)Nc1cc(CCN2CCCC2)ccc1O. The van der Waals surface area contributed by atoms with E-state index in [0.717, 1.165) is 18.5 Å². The number of aromatic hydroxyl groups is 1. The number of phenolic OH excluding ortho intramolecular Hbond substituents is 1. The molecule has 1 aliphatic heterocycles. The molecule has 0 aliphatic carbocycles. The van der Waals surface area contributed by atoms with Gasteiger partial charge in [0.2, 0.25) is 0 Å². The first kappa shape index (κ1) is 15.8. The number of likely N-dealkylation sites (tertiary alicyclic amines) is 1. The van der Waals surface area contributed by atoms with Gasteiger partial charge >= 0.3 is 6.03 Å². The number of carbonyl (C=O) groups excluding carboxylic acids is 1. The molecule has 5 nitrogen and oxygen atoms in total. The van der Waals surface area contributed by atoms with Gasteiger partial charge in [-0.25, -0.2) is 4.79 Å². The van der Waals surface area contributed by atoms with Gasteiger partial charge in [-0.3, -0.25) is 0 Å². The Morgan fingerprint density at radius 1 is 1.37 bits per heavy atom. The fourth-order valence-corrected chi connectivity index (χ4v) is 2.26. The molecule has 6 heteroatoms. The molecule has 0 bridgehead atoms. The molecular formula is C13H20BrN3O2. The molecule has 1 aromatic carbocycles. The Hall–Kier alpha value is -1.27. The second-order valence-electron chi connectivity index (χ2n) is 4.64. The maximum Gasteiger partial charge on any atom is 0.316 e. The number of amides is 2. The van der Waals surface area contributed by atoms with Crippen LogP contribution in [-0.4, -0.2) is 35.7 Å². The van der Waals surface area contributed by atoms with Crippen LogP contribution in [0.25, 0.3) is 0 Å². The largest absolute Gasteiger partial charge is 0.506 e. The molecule has 2 amide bonds. The number of nitrogens with one attached hydrogen (secondary N) is 1. The number of nitrogens with zero attached hydrogens (tertiary/aromatic N) is 1. The predicted molar refractivity (Wildman–Crippen MR) is 81.0 cm³/mol. The summed E-state index contributed by atoms with van der Waals surface area (Å²) in [6, 6.07) is 4.57. The highest BCUT2D eigenvalue weighted by Gasteiger charge is 2.11. The third-order valence-electron chi connectivity index (χ3n) is 3.23. The summed E-state index contributed by atoms with van der Waals surface area (Å²) in [7, 11) is 0. The van der Waals surface area contributed by atoms with E-state index in [1.165, 1.54) is 25.9 Å². The lowest BCUT2D eigenvalue weighted by atomic mass is 10.1. The molecule has 19 heavy (non-hydrogen) atoms. The van der Waals surface area contributed by atoms with Crippen LogP contribution in [0.1, 0.15) is 18.4 Å². The topological polar surface area (TPSA) is 78.6 Å². The molecule has 0 aromatic heterocycles. The molecule has 1 aromatic rings.